The van der Waals surface area contributed by atoms with E-state index in [1.807, 2.05) is 6.92 Å². The molecule has 1 saturated heterocycles. The van der Waals surface area contributed by atoms with Gasteiger partial charge in [0.2, 0.25) is 0 Å². The zero-order chi connectivity index (χ0) is 17.0. The van der Waals surface area contributed by atoms with Gasteiger partial charge in [-0.25, -0.2) is 8.42 Å². The van der Waals surface area contributed by atoms with Gasteiger partial charge in [0.1, 0.15) is 0 Å². The number of sulfone groups is 1. The molecule has 1 fully saturated rings. The first-order valence-corrected chi connectivity index (χ1v) is 9.37. The van der Waals surface area contributed by atoms with E-state index < -0.39 is 28.3 Å². The topological polar surface area (TPSA) is 89.5 Å². The van der Waals surface area contributed by atoms with Gasteiger partial charge in [-0.05, 0) is 37.0 Å². The molecule has 1 amide bonds. The van der Waals surface area contributed by atoms with Crippen molar-refractivity contribution >= 4 is 39.0 Å². The Kier molecular flexibility index (Phi) is 5.64. The summed E-state index contributed by atoms with van der Waals surface area (Å²) in [5.74, 6) is -1.17. The van der Waals surface area contributed by atoms with Crippen molar-refractivity contribution in [2.24, 2.45) is 5.92 Å². The number of anilines is 1. The van der Waals surface area contributed by atoms with Crippen LogP contribution in [0.1, 0.15) is 18.4 Å². The van der Waals surface area contributed by atoms with E-state index in [4.69, 9.17) is 16.3 Å². The molecule has 0 spiro atoms. The highest BCUT2D eigenvalue weighted by molar-refractivity contribution is 7.91. The number of carbonyl (C=O) groups excluding carboxylic acids is 2. The number of nitrogens with one attached hydrogen (secondary N) is 1. The lowest BCUT2D eigenvalue weighted by atomic mass is 10.1. The number of carbonyl (C=O) groups is 2. The molecular weight excluding hydrogens is 342 g/mol. The number of aryl methyl sites for hydroxylation is 1. The number of esters is 1. The quantitative estimate of drug-likeness (QED) is 0.811. The zero-order valence-corrected chi connectivity index (χ0v) is 14.2. The average molecular weight is 360 g/mol. The highest BCUT2D eigenvalue weighted by atomic mass is 35.5. The van der Waals surface area contributed by atoms with E-state index >= 15 is 0 Å². The Morgan fingerprint density at radius 1 is 1.39 bits per heavy atom. The lowest BCUT2D eigenvalue weighted by Gasteiger charge is -2.10. The molecule has 0 aromatic heterocycles. The van der Waals surface area contributed by atoms with Crippen LogP contribution in [0.2, 0.25) is 5.02 Å². The van der Waals surface area contributed by atoms with Crippen LogP contribution in [0.25, 0.3) is 0 Å². The largest absolute Gasteiger partial charge is 0.456 e. The van der Waals surface area contributed by atoms with E-state index in [0.29, 0.717) is 17.1 Å². The molecule has 0 unspecified atom stereocenters. The minimum absolute atomic E-state index is 0.00721. The van der Waals surface area contributed by atoms with Crippen LogP contribution in [-0.4, -0.2) is 38.4 Å². The Morgan fingerprint density at radius 3 is 2.74 bits per heavy atom. The molecule has 6 nitrogen and oxygen atoms in total. The fourth-order valence-corrected chi connectivity index (χ4v) is 4.53. The van der Waals surface area contributed by atoms with E-state index in [0.717, 1.165) is 5.56 Å². The predicted molar refractivity (Wildman–Crippen MR) is 87.2 cm³/mol. The average Bonchev–Trinajstić information content (AvgIpc) is 2.79. The second kappa shape index (κ2) is 7.31. The normalized spacial score (nSPS) is 19.3. The number of benzene rings is 1. The van der Waals surface area contributed by atoms with Crippen molar-refractivity contribution in [2.75, 3.05) is 23.4 Å². The van der Waals surface area contributed by atoms with E-state index in [2.05, 4.69) is 5.32 Å². The molecule has 0 radical (unpaired) electrons. The monoisotopic (exact) mass is 359 g/mol. The third kappa shape index (κ3) is 5.51. The molecule has 2 rings (SSSR count). The molecular formula is C15H18ClNO5S. The third-order valence-corrected chi connectivity index (χ3v) is 5.69. The van der Waals surface area contributed by atoms with Gasteiger partial charge >= 0.3 is 5.97 Å². The smallest absolute Gasteiger partial charge is 0.306 e. The Labute approximate surface area is 140 Å². The van der Waals surface area contributed by atoms with Crippen LogP contribution >= 0.6 is 11.6 Å². The van der Waals surface area contributed by atoms with Crippen LogP contribution < -0.4 is 5.32 Å². The van der Waals surface area contributed by atoms with E-state index in [-0.39, 0.29) is 23.8 Å². The minimum Gasteiger partial charge on any atom is -0.456 e. The molecule has 1 aliphatic heterocycles. The van der Waals surface area contributed by atoms with E-state index in [1.165, 1.54) is 0 Å². The first-order chi connectivity index (χ1) is 10.7. The van der Waals surface area contributed by atoms with Crippen molar-refractivity contribution < 1.29 is 22.7 Å². The second-order valence-corrected chi connectivity index (χ2v) is 8.30. The van der Waals surface area contributed by atoms with Crippen LogP contribution in [0.3, 0.4) is 0 Å². The Bertz CT molecular complexity index is 717. The van der Waals surface area contributed by atoms with Crippen molar-refractivity contribution in [3.05, 3.63) is 28.8 Å². The Morgan fingerprint density at radius 2 is 2.13 bits per heavy atom. The molecule has 1 aromatic rings. The lowest BCUT2D eigenvalue weighted by Crippen LogP contribution is -2.22. The molecule has 8 heteroatoms. The van der Waals surface area contributed by atoms with Crippen molar-refractivity contribution in [3.63, 3.8) is 0 Å². The summed E-state index contributed by atoms with van der Waals surface area (Å²) in [5, 5.41) is 2.96. The van der Waals surface area contributed by atoms with Crippen molar-refractivity contribution in [2.45, 2.75) is 19.8 Å². The third-order valence-electron chi connectivity index (χ3n) is 3.55. The van der Waals surface area contributed by atoms with Crippen LogP contribution in [0.5, 0.6) is 0 Å². The van der Waals surface area contributed by atoms with Crippen LogP contribution in [0.4, 0.5) is 5.69 Å². The molecule has 1 aromatic carbocycles. The van der Waals surface area contributed by atoms with Crippen LogP contribution in [0.15, 0.2) is 18.2 Å². The summed E-state index contributed by atoms with van der Waals surface area (Å²) in [6.45, 7) is 1.45. The number of hydrogen-bond donors (Lipinski definition) is 1. The summed E-state index contributed by atoms with van der Waals surface area (Å²) in [4.78, 5) is 23.4. The molecule has 0 bridgehead atoms. The van der Waals surface area contributed by atoms with Crippen molar-refractivity contribution in [3.8, 4) is 0 Å². The van der Waals surface area contributed by atoms with Crippen molar-refractivity contribution in [1.29, 1.82) is 0 Å². The second-order valence-electron chi connectivity index (χ2n) is 5.67. The molecule has 126 valence electrons. The van der Waals surface area contributed by atoms with Gasteiger partial charge in [-0.2, -0.15) is 0 Å². The van der Waals surface area contributed by atoms with Crippen LogP contribution in [0, 0.1) is 12.8 Å². The Hall–Kier alpha value is -1.60. The summed E-state index contributed by atoms with van der Waals surface area (Å²) >= 11 is 6.00. The first kappa shape index (κ1) is 17.7. The maximum atomic E-state index is 11.8. The maximum Gasteiger partial charge on any atom is 0.306 e. The molecule has 1 atom stereocenters. The van der Waals surface area contributed by atoms with Gasteiger partial charge in [0.25, 0.3) is 5.91 Å². The summed E-state index contributed by atoms with van der Waals surface area (Å²) in [6, 6.07) is 5.18. The molecule has 23 heavy (non-hydrogen) atoms. The minimum atomic E-state index is -3.02. The Balaban J connectivity index is 1.77. The van der Waals surface area contributed by atoms with Gasteiger partial charge in [0, 0.05) is 6.42 Å². The van der Waals surface area contributed by atoms with Gasteiger partial charge in [-0.3, -0.25) is 9.59 Å². The molecule has 1 heterocycles. The molecule has 0 aliphatic carbocycles. The highest BCUT2D eigenvalue weighted by Gasteiger charge is 2.29. The lowest BCUT2D eigenvalue weighted by molar-refractivity contribution is -0.148. The molecule has 0 saturated carbocycles. The zero-order valence-electron chi connectivity index (χ0n) is 12.7. The molecule has 1 N–H and O–H groups in total. The number of ether oxygens (including phenoxy) is 1. The number of halogens is 1. The van der Waals surface area contributed by atoms with Gasteiger partial charge in [0.15, 0.2) is 16.4 Å². The standard InChI is InChI=1S/C15H18ClNO5S/c1-10-2-3-13(12(16)6-10)17-14(18)8-22-15(19)7-11-4-5-23(20,21)9-11/h2-3,6,11H,4-5,7-9H2,1H3,(H,17,18)/t11-/m1/s1. The summed E-state index contributed by atoms with van der Waals surface area (Å²) < 4.78 is 27.5. The number of amides is 1. The van der Waals surface area contributed by atoms with Crippen LogP contribution in [-0.2, 0) is 24.2 Å². The van der Waals surface area contributed by atoms with Gasteiger partial charge in [-0.1, -0.05) is 17.7 Å². The predicted octanol–water partition coefficient (Wildman–Crippen LogP) is 1.95. The van der Waals surface area contributed by atoms with E-state index in [1.54, 1.807) is 18.2 Å². The first-order valence-electron chi connectivity index (χ1n) is 7.17. The SMILES string of the molecule is Cc1ccc(NC(=O)COC(=O)C[C@H]2CCS(=O)(=O)C2)c(Cl)c1. The summed E-state index contributed by atoms with van der Waals surface area (Å²) in [5.41, 5.74) is 1.41. The maximum absolute atomic E-state index is 11.8. The fraction of sp³-hybridized carbons (Fsp3) is 0.467. The van der Waals surface area contributed by atoms with Gasteiger partial charge in [0.05, 0.1) is 22.2 Å². The summed E-state index contributed by atoms with van der Waals surface area (Å²) in [6.07, 6.45) is 0.473. The molecule has 1 aliphatic rings. The highest BCUT2D eigenvalue weighted by Crippen LogP contribution is 2.23. The number of rotatable bonds is 5. The van der Waals surface area contributed by atoms with Crippen molar-refractivity contribution in [1.82, 2.24) is 0 Å². The fourth-order valence-electron chi connectivity index (χ4n) is 2.38. The van der Waals surface area contributed by atoms with E-state index in [9.17, 15) is 18.0 Å². The van der Waals surface area contributed by atoms with Gasteiger partial charge < -0.3 is 10.1 Å². The number of hydrogen-bond acceptors (Lipinski definition) is 5. The summed E-state index contributed by atoms with van der Waals surface area (Å²) in [7, 11) is -3.02. The van der Waals surface area contributed by atoms with Gasteiger partial charge in [-0.15, -0.1) is 0 Å².